The molecule has 2 heteroatoms. The van der Waals surface area contributed by atoms with Crippen molar-refractivity contribution in [1.29, 1.82) is 0 Å². The maximum atomic E-state index is 6.08. The molecule has 0 spiro atoms. The van der Waals surface area contributed by atoms with Crippen LogP contribution in [0.3, 0.4) is 0 Å². The zero-order valence-electron chi connectivity index (χ0n) is 10.9. The molecule has 0 bridgehead atoms. The Bertz CT molecular complexity index is 538. The normalized spacial score (nSPS) is 19.7. The molecule has 1 unspecified atom stereocenters. The van der Waals surface area contributed by atoms with E-state index in [0.717, 1.165) is 18.1 Å². The van der Waals surface area contributed by atoms with Crippen LogP contribution in [-0.4, -0.2) is 18.0 Å². The standard InChI is InChI=1S/C17H18ClN/c18-17-8-4-7-15(11-17)16-9-10-19(13-16)12-14-5-2-1-3-6-14/h1-8,11,16H,9-10,12-13H2. The third-order valence-electron chi connectivity index (χ3n) is 3.84. The summed E-state index contributed by atoms with van der Waals surface area (Å²) in [4.78, 5) is 2.53. The lowest BCUT2D eigenvalue weighted by molar-refractivity contribution is 0.327. The number of nitrogens with zero attached hydrogens (tertiary/aromatic N) is 1. The zero-order chi connectivity index (χ0) is 13.1. The molecule has 98 valence electrons. The average Bonchev–Trinajstić information content (AvgIpc) is 2.88. The molecule has 0 radical (unpaired) electrons. The number of halogens is 1. The Morgan fingerprint density at radius 2 is 1.89 bits per heavy atom. The smallest absolute Gasteiger partial charge is 0.0408 e. The molecule has 0 aromatic heterocycles. The van der Waals surface area contributed by atoms with Gasteiger partial charge in [-0.3, -0.25) is 4.90 Å². The molecule has 1 aliphatic heterocycles. The minimum absolute atomic E-state index is 0.627. The molecule has 1 atom stereocenters. The maximum Gasteiger partial charge on any atom is 0.0408 e. The summed E-state index contributed by atoms with van der Waals surface area (Å²) < 4.78 is 0. The molecular weight excluding hydrogens is 254 g/mol. The Labute approximate surface area is 119 Å². The van der Waals surface area contributed by atoms with Crippen molar-refractivity contribution in [2.24, 2.45) is 0 Å². The van der Waals surface area contributed by atoms with Crippen LogP contribution in [-0.2, 0) is 6.54 Å². The summed E-state index contributed by atoms with van der Waals surface area (Å²) in [6, 6.07) is 19.0. The zero-order valence-corrected chi connectivity index (χ0v) is 11.7. The van der Waals surface area contributed by atoms with Crippen LogP contribution in [0.15, 0.2) is 54.6 Å². The van der Waals surface area contributed by atoms with Gasteiger partial charge in [-0.2, -0.15) is 0 Å². The van der Waals surface area contributed by atoms with Crippen LogP contribution in [0, 0.1) is 0 Å². The molecule has 1 saturated heterocycles. The number of benzene rings is 2. The number of hydrogen-bond donors (Lipinski definition) is 0. The van der Waals surface area contributed by atoms with E-state index >= 15 is 0 Å². The molecule has 0 aliphatic carbocycles. The van der Waals surface area contributed by atoms with Crippen molar-refractivity contribution in [3.8, 4) is 0 Å². The maximum absolute atomic E-state index is 6.08. The lowest BCUT2D eigenvalue weighted by Crippen LogP contribution is -2.19. The number of rotatable bonds is 3. The summed E-state index contributed by atoms with van der Waals surface area (Å²) >= 11 is 6.08. The Hall–Kier alpha value is -1.31. The van der Waals surface area contributed by atoms with E-state index in [0.29, 0.717) is 5.92 Å². The van der Waals surface area contributed by atoms with Crippen LogP contribution in [0.4, 0.5) is 0 Å². The summed E-state index contributed by atoms with van der Waals surface area (Å²) in [6.45, 7) is 3.36. The van der Waals surface area contributed by atoms with Gasteiger partial charge in [0.15, 0.2) is 0 Å². The Morgan fingerprint density at radius 1 is 1.05 bits per heavy atom. The molecule has 1 aliphatic rings. The molecule has 1 nitrogen and oxygen atoms in total. The third kappa shape index (κ3) is 3.17. The van der Waals surface area contributed by atoms with Gasteiger partial charge in [-0.25, -0.2) is 0 Å². The van der Waals surface area contributed by atoms with Crippen LogP contribution in [0.25, 0.3) is 0 Å². The molecule has 1 heterocycles. The van der Waals surface area contributed by atoms with Crippen LogP contribution < -0.4 is 0 Å². The largest absolute Gasteiger partial charge is 0.298 e. The predicted molar refractivity (Wildman–Crippen MR) is 80.5 cm³/mol. The highest BCUT2D eigenvalue weighted by molar-refractivity contribution is 6.30. The summed E-state index contributed by atoms with van der Waals surface area (Å²) in [7, 11) is 0. The fourth-order valence-electron chi connectivity index (χ4n) is 2.85. The highest BCUT2D eigenvalue weighted by atomic mass is 35.5. The van der Waals surface area contributed by atoms with E-state index in [1.165, 1.54) is 24.1 Å². The summed E-state index contributed by atoms with van der Waals surface area (Å²) in [5.74, 6) is 0.627. The van der Waals surface area contributed by atoms with E-state index in [4.69, 9.17) is 11.6 Å². The first-order chi connectivity index (χ1) is 9.31. The van der Waals surface area contributed by atoms with Crippen molar-refractivity contribution in [2.75, 3.05) is 13.1 Å². The third-order valence-corrected chi connectivity index (χ3v) is 4.08. The summed E-state index contributed by atoms with van der Waals surface area (Å²) in [5.41, 5.74) is 2.78. The van der Waals surface area contributed by atoms with E-state index in [1.54, 1.807) is 0 Å². The lowest BCUT2D eigenvalue weighted by atomic mass is 9.99. The molecule has 1 fully saturated rings. The van der Waals surface area contributed by atoms with Gasteiger partial charge in [0.25, 0.3) is 0 Å². The van der Waals surface area contributed by atoms with E-state index in [9.17, 15) is 0 Å². The van der Waals surface area contributed by atoms with Crippen molar-refractivity contribution in [2.45, 2.75) is 18.9 Å². The van der Waals surface area contributed by atoms with Gasteiger partial charge in [0.05, 0.1) is 0 Å². The van der Waals surface area contributed by atoms with Crippen molar-refractivity contribution in [3.05, 3.63) is 70.7 Å². The average molecular weight is 272 g/mol. The minimum atomic E-state index is 0.627. The minimum Gasteiger partial charge on any atom is -0.298 e. The quantitative estimate of drug-likeness (QED) is 0.803. The van der Waals surface area contributed by atoms with Gasteiger partial charge in [-0.05, 0) is 42.1 Å². The molecule has 0 N–H and O–H groups in total. The van der Waals surface area contributed by atoms with Gasteiger partial charge in [0.2, 0.25) is 0 Å². The molecular formula is C17H18ClN. The van der Waals surface area contributed by atoms with Crippen molar-refractivity contribution >= 4 is 11.6 Å². The monoisotopic (exact) mass is 271 g/mol. The lowest BCUT2D eigenvalue weighted by Gasteiger charge is -2.16. The highest BCUT2D eigenvalue weighted by Gasteiger charge is 2.23. The second-order valence-corrected chi connectivity index (χ2v) is 5.70. The van der Waals surface area contributed by atoms with Crippen LogP contribution in [0.1, 0.15) is 23.5 Å². The SMILES string of the molecule is Clc1cccc(C2CCN(Cc3ccccc3)C2)c1. The van der Waals surface area contributed by atoms with E-state index in [2.05, 4.69) is 53.4 Å². The Morgan fingerprint density at radius 3 is 2.68 bits per heavy atom. The van der Waals surface area contributed by atoms with Crippen molar-refractivity contribution < 1.29 is 0 Å². The van der Waals surface area contributed by atoms with Gasteiger partial charge in [-0.1, -0.05) is 54.1 Å². The topological polar surface area (TPSA) is 3.24 Å². The number of hydrogen-bond acceptors (Lipinski definition) is 1. The van der Waals surface area contributed by atoms with Gasteiger partial charge in [-0.15, -0.1) is 0 Å². The first-order valence-electron chi connectivity index (χ1n) is 6.83. The van der Waals surface area contributed by atoms with E-state index in [-0.39, 0.29) is 0 Å². The van der Waals surface area contributed by atoms with Crippen LogP contribution >= 0.6 is 11.6 Å². The highest BCUT2D eigenvalue weighted by Crippen LogP contribution is 2.29. The molecule has 3 rings (SSSR count). The molecule has 0 saturated carbocycles. The molecule has 2 aromatic carbocycles. The fourth-order valence-corrected chi connectivity index (χ4v) is 3.05. The van der Waals surface area contributed by atoms with E-state index in [1.807, 2.05) is 6.07 Å². The van der Waals surface area contributed by atoms with Crippen LogP contribution in [0.2, 0.25) is 5.02 Å². The second kappa shape index (κ2) is 5.77. The van der Waals surface area contributed by atoms with E-state index < -0.39 is 0 Å². The Balaban J connectivity index is 1.64. The Kier molecular flexibility index (Phi) is 3.86. The number of likely N-dealkylation sites (tertiary alicyclic amines) is 1. The molecule has 0 amide bonds. The summed E-state index contributed by atoms with van der Waals surface area (Å²) in [6.07, 6.45) is 1.23. The summed E-state index contributed by atoms with van der Waals surface area (Å²) in [5, 5.41) is 0.846. The first kappa shape index (κ1) is 12.7. The van der Waals surface area contributed by atoms with Gasteiger partial charge in [0.1, 0.15) is 0 Å². The van der Waals surface area contributed by atoms with Gasteiger partial charge < -0.3 is 0 Å². The van der Waals surface area contributed by atoms with Gasteiger partial charge in [0, 0.05) is 18.1 Å². The molecule has 2 aromatic rings. The van der Waals surface area contributed by atoms with Crippen LogP contribution in [0.5, 0.6) is 0 Å². The second-order valence-electron chi connectivity index (χ2n) is 5.26. The predicted octanol–water partition coefficient (Wildman–Crippen LogP) is 4.33. The fraction of sp³-hybridized carbons (Fsp3) is 0.294. The van der Waals surface area contributed by atoms with Gasteiger partial charge >= 0.3 is 0 Å². The van der Waals surface area contributed by atoms with Crippen molar-refractivity contribution in [3.63, 3.8) is 0 Å². The van der Waals surface area contributed by atoms with Crippen molar-refractivity contribution in [1.82, 2.24) is 4.90 Å². The molecule has 19 heavy (non-hydrogen) atoms. The first-order valence-corrected chi connectivity index (χ1v) is 7.21.